The van der Waals surface area contributed by atoms with Crippen molar-refractivity contribution < 1.29 is 19.0 Å². The summed E-state index contributed by atoms with van der Waals surface area (Å²) in [6.07, 6.45) is 0. The van der Waals surface area contributed by atoms with Gasteiger partial charge >= 0.3 is 0 Å². The molecule has 7 nitrogen and oxygen atoms in total. The molecule has 0 bridgehead atoms. The maximum Gasteiger partial charge on any atom is 0.191 e. The van der Waals surface area contributed by atoms with E-state index in [1.165, 1.54) is 11.8 Å². The molecule has 31 heavy (non-hydrogen) atoms. The number of aryl methyl sites for hydroxylation is 2. The lowest BCUT2D eigenvalue weighted by Crippen LogP contribution is -2.09. The van der Waals surface area contributed by atoms with Crippen LogP contribution in [0.4, 0.5) is 0 Å². The molecule has 0 spiro atoms. The molecular weight excluding hydrogens is 414 g/mol. The number of nitrogens with zero attached hydrogens (tertiary/aromatic N) is 3. The molecule has 0 fully saturated rings. The second kappa shape index (κ2) is 10.3. The highest BCUT2D eigenvalue weighted by Crippen LogP contribution is 2.29. The van der Waals surface area contributed by atoms with E-state index < -0.39 is 0 Å². The molecule has 0 aliphatic heterocycles. The zero-order valence-corrected chi connectivity index (χ0v) is 19.3. The first kappa shape index (κ1) is 22.7. The first-order valence-electron chi connectivity index (χ1n) is 9.97. The molecule has 2 aromatic carbocycles. The second-order valence-corrected chi connectivity index (χ2v) is 7.88. The molecule has 0 amide bonds. The number of carbonyl (C=O) groups excluding carboxylic acids is 1. The number of ketones is 1. The predicted octanol–water partition coefficient (Wildman–Crippen LogP) is 4.49. The zero-order valence-electron chi connectivity index (χ0n) is 18.5. The van der Waals surface area contributed by atoms with Gasteiger partial charge in [0, 0.05) is 12.1 Å². The van der Waals surface area contributed by atoms with E-state index in [4.69, 9.17) is 14.2 Å². The SMILES string of the molecule is CCn1c(COc2c(C)cccc2C)nnc1SCC(=O)c1ccc(OC)c(OC)c1. The average Bonchev–Trinajstić information content (AvgIpc) is 3.18. The molecule has 0 aliphatic carbocycles. The summed E-state index contributed by atoms with van der Waals surface area (Å²) in [4.78, 5) is 12.7. The molecule has 0 unspecified atom stereocenters. The number of para-hydroxylation sites is 1. The predicted molar refractivity (Wildman–Crippen MR) is 121 cm³/mol. The van der Waals surface area contributed by atoms with Crippen LogP contribution in [0, 0.1) is 13.8 Å². The topological polar surface area (TPSA) is 75.5 Å². The summed E-state index contributed by atoms with van der Waals surface area (Å²) in [6, 6.07) is 11.2. The summed E-state index contributed by atoms with van der Waals surface area (Å²) in [6.45, 7) is 7.07. The summed E-state index contributed by atoms with van der Waals surface area (Å²) in [5, 5.41) is 9.24. The lowest BCUT2D eigenvalue weighted by molar-refractivity contribution is 0.102. The first-order chi connectivity index (χ1) is 15.0. The van der Waals surface area contributed by atoms with Gasteiger partial charge in [0.25, 0.3) is 0 Å². The quantitative estimate of drug-likeness (QED) is 0.339. The van der Waals surface area contributed by atoms with Crippen LogP contribution in [0.1, 0.15) is 34.2 Å². The molecule has 0 atom stereocenters. The summed E-state index contributed by atoms with van der Waals surface area (Å²) in [5.41, 5.74) is 2.72. The number of hydrogen-bond acceptors (Lipinski definition) is 7. The van der Waals surface area contributed by atoms with Crippen molar-refractivity contribution in [1.82, 2.24) is 14.8 Å². The number of hydrogen-bond donors (Lipinski definition) is 0. The minimum Gasteiger partial charge on any atom is -0.493 e. The normalized spacial score (nSPS) is 10.7. The van der Waals surface area contributed by atoms with Crippen molar-refractivity contribution >= 4 is 17.5 Å². The third-order valence-corrected chi connectivity index (χ3v) is 5.87. The van der Waals surface area contributed by atoms with Crippen LogP contribution >= 0.6 is 11.8 Å². The van der Waals surface area contributed by atoms with E-state index in [-0.39, 0.29) is 11.5 Å². The molecule has 1 heterocycles. The van der Waals surface area contributed by atoms with Gasteiger partial charge in [0.15, 0.2) is 28.3 Å². The fraction of sp³-hybridized carbons (Fsp3) is 0.348. The Morgan fingerprint density at radius 2 is 1.74 bits per heavy atom. The molecule has 0 N–H and O–H groups in total. The third-order valence-electron chi connectivity index (χ3n) is 4.90. The summed E-state index contributed by atoms with van der Waals surface area (Å²) >= 11 is 1.36. The number of carbonyl (C=O) groups is 1. The van der Waals surface area contributed by atoms with Gasteiger partial charge in [-0.1, -0.05) is 30.0 Å². The van der Waals surface area contributed by atoms with Crippen molar-refractivity contribution in [3.8, 4) is 17.2 Å². The van der Waals surface area contributed by atoms with Gasteiger partial charge in [0.2, 0.25) is 0 Å². The smallest absolute Gasteiger partial charge is 0.191 e. The van der Waals surface area contributed by atoms with Crippen molar-refractivity contribution in [3.05, 3.63) is 58.9 Å². The third kappa shape index (κ3) is 5.19. The van der Waals surface area contributed by atoms with Gasteiger partial charge in [0.05, 0.1) is 20.0 Å². The zero-order chi connectivity index (χ0) is 22.4. The lowest BCUT2D eigenvalue weighted by Gasteiger charge is -2.12. The van der Waals surface area contributed by atoms with E-state index in [2.05, 4.69) is 10.2 Å². The number of thioether (sulfide) groups is 1. The molecular formula is C23H27N3O4S. The molecule has 0 aliphatic rings. The maximum absolute atomic E-state index is 12.7. The molecule has 0 saturated heterocycles. The highest BCUT2D eigenvalue weighted by atomic mass is 32.2. The minimum atomic E-state index is -0.0232. The van der Waals surface area contributed by atoms with Crippen molar-refractivity contribution in [1.29, 1.82) is 0 Å². The number of benzene rings is 2. The van der Waals surface area contributed by atoms with E-state index in [1.807, 2.05) is 43.5 Å². The fourth-order valence-electron chi connectivity index (χ4n) is 3.24. The van der Waals surface area contributed by atoms with Crippen molar-refractivity contribution in [2.45, 2.75) is 39.1 Å². The van der Waals surface area contributed by atoms with Gasteiger partial charge in [-0.15, -0.1) is 10.2 Å². The van der Waals surface area contributed by atoms with Gasteiger partial charge < -0.3 is 18.8 Å². The van der Waals surface area contributed by atoms with E-state index in [0.717, 1.165) is 22.7 Å². The van der Waals surface area contributed by atoms with Gasteiger partial charge in [-0.2, -0.15) is 0 Å². The van der Waals surface area contributed by atoms with Crippen molar-refractivity contribution in [2.75, 3.05) is 20.0 Å². The Morgan fingerprint density at radius 1 is 1.03 bits per heavy atom. The fourth-order valence-corrected chi connectivity index (χ4v) is 4.15. The Bertz CT molecular complexity index is 1040. The molecule has 8 heteroatoms. The van der Waals surface area contributed by atoms with Crippen molar-refractivity contribution in [3.63, 3.8) is 0 Å². The van der Waals surface area contributed by atoms with E-state index in [0.29, 0.717) is 35.4 Å². The van der Waals surface area contributed by atoms with Gasteiger partial charge in [-0.25, -0.2) is 0 Å². The Balaban J connectivity index is 1.67. The number of Topliss-reactive ketones (excluding diaryl/α,β-unsaturated/α-hetero) is 1. The molecule has 3 aromatic rings. The summed E-state index contributed by atoms with van der Waals surface area (Å²) in [5.74, 6) is 2.93. The number of ether oxygens (including phenoxy) is 3. The van der Waals surface area contributed by atoms with Gasteiger partial charge in [-0.05, 0) is 50.1 Å². The Hall–Kier alpha value is -3.00. The van der Waals surface area contributed by atoms with Crippen LogP contribution in [-0.2, 0) is 13.2 Å². The molecule has 164 valence electrons. The first-order valence-corrected chi connectivity index (χ1v) is 11.0. The maximum atomic E-state index is 12.7. The Kier molecular flexibility index (Phi) is 7.57. The van der Waals surface area contributed by atoms with Gasteiger partial charge in [-0.3, -0.25) is 4.79 Å². The highest BCUT2D eigenvalue weighted by Gasteiger charge is 2.16. The largest absolute Gasteiger partial charge is 0.493 e. The Labute approximate surface area is 186 Å². The van der Waals surface area contributed by atoms with Crippen LogP contribution in [-0.4, -0.2) is 40.5 Å². The van der Waals surface area contributed by atoms with Crippen LogP contribution in [0.3, 0.4) is 0 Å². The lowest BCUT2D eigenvalue weighted by atomic mass is 10.1. The summed E-state index contributed by atoms with van der Waals surface area (Å²) < 4.78 is 18.5. The molecule has 0 radical (unpaired) electrons. The number of aromatic nitrogens is 3. The average molecular weight is 442 g/mol. The minimum absolute atomic E-state index is 0.0232. The second-order valence-electron chi connectivity index (χ2n) is 6.93. The van der Waals surface area contributed by atoms with E-state index >= 15 is 0 Å². The van der Waals surface area contributed by atoms with E-state index in [1.54, 1.807) is 32.4 Å². The number of methoxy groups -OCH3 is 2. The highest BCUT2D eigenvalue weighted by molar-refractivity contribution is 7.99. The van der Waals surface area contributed by atoms with E-state index in [9.17, 15) is 4.79 Å². The van der Waals surface area contributed by atoms with Crippen LogP contribution in [0.15, 0.2) is 41.6 Å². The van der Waals surface area contributed by atoms with Crippen LogP contribution in [0.25, 0.3) is 0 Å². The molecule has 1 aromatic heterocycles. The standard InChI is InChI=1S/C23H27N3O4S/c1-6-26-21(13-30-22-15(2)8-7-9-16(22)3)24-25-23(26)31-14-18(27)17-10-11-19(28-4)20(12-17)29-5/h7-12H,6,13-14H2,1-5H3. The molecule has 0 saturated carbocycles. The Morgan fingerprint density at radius 3 is 2.39 bits per heavy atom. The monoisotopic (exact) mass is 441 g/mol. The van der Waals surface area contributed by atoms with Crippen LogP contribution < -0.4 is 14.2 Å². The van der Waals surface area contributed by atoms with Crippen LogP contribution in [0.2, 0.25) is 0 Å². The summed E-state index contributed by atoms with van der Waals surface area (Å²) in [7, 11) is 3.11. The van der Waals surface area contributed by atoms with Crippen LogP contribution in [0.5, 0.6) is 17.2 Å². The molecule has 3 rings (SSSR count). The number of rotatable bonds is 10. The van der Waals surface area contributed by atoms with Gasteiger partial charge in [0.1, 0.15) is 12.4 Å². The van der Waals surface area contributed by atoms with Crippen molar-refractivity contribution in [2.24, 2.45) is 0 Å².